The van der Waals surface area contributed by atoms with Crippen LogP contribution in [0.2, 0.25) is 19.6 Å². The van der Waals surface area contributed by atoms with Gasteiger partial charge < -0.3 is 9.26 Å². The summed E-state index contributed by atoms with van der Waals surface area (Å²) in [6, 6.07) is 19.7. The van der Waals surface area contributed by atoms with Gasteiger partial charge in [-0.05, 0) is 51.2 Å². The fourth-order valence-electron chi connectivity index (χ4n) is 2.82. The molecular weight excluding hydrogens is 342 g/mol. The molecule has 2 aromatic rings. The monoisotopic (exact) mass is 371 g/mol. The van der Waals surface area contributed by atoms with Crippen LogP contribution in [-0.2, 0) is 14.1 Å². The van der Waals surface area contributed by atoms with E-state index in [1.807, 2.05) is 79.6 Å². The number of carbonyl (C=O) groups is 1. The van der Waals surface area contributed by atoms with E-state index in [2.05, 4.69) is 19.6 Å². The summed E-state index contributed by atoms with van der Waals surface area (Å²) < 4.78 is 11.8. The number of nitrogens with zero attached hydrogens (tertiary/aromatic N) is 1. The molecule has 0 aliphatic rings. The Morgan fingerprint density at radius 1 is 1.00 bits per heavy atom. The summed E-state index contributed by atoms with van der Waals surface area (Å²) in [6.07, 6.45) is 0. The minimum atomic E-state index is -1.92. The van der Waals surface area contributed by atoms with Crippen LogP contribution < -0.4 is 5.06 Å². The molecule has 0 fully saturated rings. The molecule has 2 atom stereocenters. The van der Waals surface area contributed by atoms with Crippen molar-refractivity contribution in [2.45, 2.75) is 39.5 Å². The molecular formula is C21H29NO3Si. The summed E-state index contributed by atoms with van der Waals surface area (Å²) in [4.78, 5) is 12.6. The van der Waals surface area contributed by atoms with Gasteiger partial charge in [-0.15, -0.1) is 0 Å². The second kappa shape index (κ2) is 9.01. The zero-order valence-corrected chi connectivity index (χ0v) is 17.3. The van der Waals surface area contributed by atoms with E-state index in [0.717, 1.165) is 11.3 Å². The fourth-order valence-corrected chi connectivity index (χ4v) is 3.63. The van der Waals surface area contributed by atoms with Crippen molar-refractivity contribution in [3.05, 3.63) is 66.2 Å². The summed E-state index contributed by atoms with van der Waals surface area (Å²) in [6.45, 7) is 10.5. The molecule has 0 saturated heterocycles. The van der Waals surface area contributed by atoms with E-state index in [9.17, 15) is 4.79 Å². The molecule has 5 heteroatoms. The van der Waals surface area contributed by atoms with Crippen LogP contribution in [0.3, 0.4) is 0 Å². The van der Waals surface area contributed by atoms with Gasteiger partial charge in [-0.25, -0.2) is 0 Å². The number of anilines is 1. The lowest BCUT2D eigenvalue weighted by Crippen LogP contribution is -2.43. The summed E-state index contributed by atoms with van der Waals surface area (Å²) in [5.74, 6) is -0.602. The lowest BCUT2D eigenvalue weighted by molar-refractivity contribution is -0.148. The third-order valence-electron chi connectivity index (χ3n) is 3.91. The first kappa shape index (κ1) is 20.2. The van der Waals surface area contributed by atoms with E-state index >= 15 is 0 Å². The van der Waals surface area contributed by atoms with Gasteiger partial charge in [0.15, 0.2) is 0 Å². The van der Waals surface area contributed by atoms with Crippen LogP contribution in [-0.4, -0.2) is 20.9 Å². The molecule has 140 valence electrons. The predicted molar refractivity (Wildman–Crippen MR) is 108 cm³/mol. The molecule has 0 radical (unpaired) electrons. The second-order valence-electron chi connectivity index (χ2n) is 7.26. The smallest absolute Gasteiger partial charge is 0.311 e. The highest BCUT2D eigenvalue weighted by atomic mass is 28.4. The standard InChI is InChI=1S/C21H29NO3Si/c1-6-24-21(23)17(2)20(18-13-9-7-10-14-18)22(25-26(3,4)5)19-15-11-8-12-16-19/h7-17,20H,6H2,1-5H3. The Labute approximate surface area is 157 Å². The molecule has 0 aliphatic carbocycles. The first-order valence-electron chi connectivity index (χ1n) is 9.08. The summed E-state index contributed by atoms with van der Waals surface area (Å²) in [5, 5.41) is 1.91. The quantitative estimate of drug-likeness (QED) is 0.363. The summed E-state index contributed by atoms with van der Waals surface area (Å²) in [5.41, 5.74) is 1.95. The van der Waals surface area contributed by atoms with Crippen molar-refractivity contribution in [2.75, 3.05) is 11.7 Å². The number of esters is 1. The van der Waals surface area contributed by atoms with Crippen molar-refractivity contribution in [1.29, 1.82) is 0 Å². The highest BCUT2D eigenvalue weighted by Gasteiger charge is 2.35. The molecule has 0 heterocycles. The molecule has 4 nitrogen and oxygen atoms in total. The molecule has 2 rings (SSSR count). The van der Waals surface area contributed by atoms with Gasteiger partial charge in [-0.1, -0.05) is 48.5 Å². The van der Waals surface area contributed by atoms with Crippen molar-refractivity contribution in [3.8, 4) is 0 Å². The molecule has 0 saturated carbocycles. The third-order valence-corrected chi connectivity index (χ3v) is 4.65. The van der Waals surface area contributed by atoms with Gasteiger partial charge in [0.05, 0.1) is 24.3 Å². The number of hydroxylamine groups is 1. The van der Waals surface area contributed by atoms with E-state index in [1.54, 1.807) is 0 Å². The zero-order chi connectivity index (χ0) is 19.2. The predicted octanol–water partition coefficient (Wildman–Crippen LogP) is 5.20. The Kier molecular flexibility index (Phi) is 7.00. The van der Waals surface area contributed by atoms with Gasteiger partial charge in [0.2, 0.25) is 8.32 Å². The van der Waals surface area contributed by atoms with Crippen LogP contribution in [0.1, 0.15) is 25.5 Å². The van der Waals surface area contributed by atoms with Crippen molar-refractivity contribution in [2.24, 2.45) is 5.92 Å². The number of carbonyl (C=O) groups excluding carboxylic acids is 1. The highest BCUT2D eigenvalue weighted by molar-refractivity contribution is 6.69. The Bertz CT molecular complexity index is 685. The van der Waals surface area contributed by atoms with Crippen LogP contribution >= 0.6 is 0 Å². The molecule has 0 spiro atoms. The van der Waals surface area contributed by atoms with E-state index in [0.29, 0.717) is 6.61 Å². The maximum absolute atomic E-state index is 12.6. The molecule has 0 bridgehead atoms. The van der Waals surface area contributed by atoms with E-state index in [4.69, 9.17) is 9.26 Å². The van der Waals surface area contributed by atoms with Gasteiger partial charge >= 0.3 is 5.97 Å². The minimum absolute atomic E-state index is 0.221. The van der Waals surface area contributed by atoms with Crippen molar-refractivity contribution in [3.63, 3.8) is 0 Å². The van der Waals surface area contributed by atoms with Gasteiger partial charge in [-0.2, -0.15) is 0 Å². The van der Waals surface area contributed by atoms with Crippen molar-refractivity contribution in [1.82, 2.24) is 0 Å². The Hall–Kier alpha value is -2.11. The number of rotatable bonds is 8. The second-order valence-corrected chi connectivity index (χ2v) is 11.7. The molecule has 0 aliphatic heterocycles. The first-order chi connectivity index (χ1) is 12.3. The molecule has 2 unspecified atom stereocenters. The lowest BCUT2D eigenvalue weighted by atomic mass is 9.93. The van der Waals surface area contributed by atoms with Gasteiger partial charge in [-0.3, -0.25) is 9.86 Å². The van der Waals surface area contributed by atoms with Gasteiger partial charge in [0.1, 0.15) is 0 Å². The number of benzene rings is 2. The van der Waals surface area contributed by atoms with Crippen LogP contribution in [0.15, 0.2) is 60.7 Å². The van der Waals surface area contributed by atoms with Gasteiger partial charge in [0, 0.05) is 0 Å². The van der Waals surface area contributed by atoms with Crippen molar-refractivity contribution < 1.29 is 14.1 Å². The SMILES string of the molecule is CCOC(=O)C(C)C(c1ccccc1)N(O[Si](C)(C)C)c1ccccc1. The maximum Gasteiger partial charge on any atom is 0.311 e. The molecule has 0 N–H and O–H groups in total. The molecule has 0 amide bonds. The topological polar surface area (TPSA) is 38.8 Å². The lowest BCUT2D eigenvalue weighted by Gasteiger charge is -2.39. The Morgan fingerprint density at radius 3 is 2.04 bits per heavy atom. The van der Waals surface area contributed by atoms with Gasteiger partial charge in [0.25, 0.3) is 0 Å². The molecule has 2 aromatic carbocycles. The van der Waals surface area contributed by atoms with Crippen LogP contribution in [0.25, 0.3) is 0 Å². The zero-order valence-electron chi connectivity index (χ0n) is 16.3. The number of ether oxygens (including phenoxy) is 1. The summed E-state index contributed by atoms with van der Waals surface area (Å²) >= 11 is 0. The number of para-hydroxylation sites is 1. The molecule has 0 aromatic heterocycles. The summed E-state index contributed by atoms with van der Waals surface area (Å²) in [7, 11) is -1.92. The third kappa shape index (κ3) is 5.44. The average Bonchev–Trinajstić information content (AvgIpc) is 2.62. The van der Waals surface area contributed by atoms with E-state index < -0.39 is 8.32 Å². The van der Waals surface area contributed by atoms with Crippen LogP contribution in [0.5, 0.6) is 0 Å². The molecule has 26 heavy (non-hydrogen) atoms. The highest BCUT2D eigenvalue weighted by Crippen LogP contribution is 2.35. The largest absolute Gasteiger partial charge is 0.466 e. The van der Waals surface area contributed by atoms with Crippen LogP contribution in [0, 0.1) is 5.92 Å². The number of hydrogen-bond acceptors (Lipinski definition) is 4. The maximum atomic E-state index is 12.6. The first-order valence-corrected chi connectivity index (χ1v) is 12.5. The Balaban J connectivity index is 2.52. The minimum Gasteiger partial charge on any atom is -0.466 e. The van der Waals surface area contributed by atoms with E-state index in [1.165, 1.54) is 0 Å². The fraction of sp³-hybridized carbons (Fsp3) is 0.381. The van der Waals surface area contributed by atoms with E-state index in [-0.39, 0.29) is 17.9 Å². The normalized spacial score (nSPS) is 13.7. The average molecular weight is 372 g/mol. The number of hydrogen-bond donors (Lipinski definition) is 0. The Morgan fingerprint density at radius 2 is 1.54 bits per heavy atom. The van der Waals surface area contributed by atoms with Crippen LogP contribution in [0.4, 0.5) is 5.69 Å². The van der Waals surface area contributed by atoms with Crippen molar-refractivity contribution >= 4 is 20.0 Å².